The van der Waals surface area contributed by atoms with Crippen molar-refractivity contribution in [3.63, 3.8) is 0 Å². The van der Waals surface area contributed by atoms with Gasteiger partial charge in [-0.15, -0.1) is 0 Å². The predicted octanol–water partition coefficient (Wildman–Crippen LogP) is 3.10. The molecule has 2 heteroatoms. The number of allylic oxidation sites excluding steroid dienone is 1. The molecule has 1 heterocycles. The quantitative estimate of drug-likeness (QED) is 0.804. The van der Waals surface area contributed by atoms with E-state index in [0.29, 0.717) is 6.04 Å². The fourth-order valence-corrected chi connectivity index (χ4v) is 2.50. The summed E-state index contributed by atoms with van der Waals surface area (Å²) in [5.74, 6) is 0. The van der Waals surface area contributed by atoms with Crippen LogP contribution in [0.5, 0.6) is 0 Å². The van der Waals surface area contributed by atoms with Gasteiger partial charge in [-0.2, -0.15) is 0 Å². The summed E-state index contributed by atoms with van der Waals surface area (Å²) in [6, 6.07) is 6.61. The predicted molar refractivity (Wildman–Crippen MR) is 72.0 cm³/mol. The summed E-state index contributed by atoms with van der Waals surface area (Å²) in [6.45, 7) is 0. The number of pyridine rings is 1. The summed E-state index contributed by atoms with van der Waals surface area (Å²) in [7, 11) is 2.05. The Bertz CT molecular complexity index is 356. The molecule has 0 saturated heterocycles. The Kier molecular flexibility index (Phi) is 4.75. The highest BCUT2D eigenvalue weighted by Crippen LogP contribution is 2.21. The van der Waals surface area contributed by atoms with Gasteiger partial charge in [-0.1, -0.05) is 24.1 Å². The Balaban J connectivity index is 2.03. The Hall–Kier alpha value is -1.15. The van der Waals surface area contributed by atoms with Crippen molar-refractivity contribution in [3.05, 3.63) is 41.7 Å². The van der Waals surface area contributed by atoms with Gasteiger partial charge in [0, 0.05) is 24.4 Å². The summed E-state index contributed by atoms with van der Waals surface area (Å²) in [5.41, 5.74) is 2.76. The van der Waals surface area contributed by atoms with E-state index in [1.807, 2.05) is 12.3 Å². The monoisotopic (exact) mass is 230 g/mol. The van der Waals surface area contributed by atoms with Gasteiger partial charge in [0.15, 0.2) is 0 Å². The molecule has 0 aromatic carbocycles. The number of hydrogen-bond donors (Lipinski definition) is 1. The van der Waals surface area contributed by atoms with Gasteiger partial charge in [0.05, 0.1) is 0 Å². The number of likely N-dealkylation sites (N-methyl/N-ethyl adjacent to an activating group) is 1. The van der Waals surface area contributed by atoms with Crippen molar-refractivity contribution in [1.82, 2.24) is 10.3 Å². The van der Waals surface area contributed by atoms with E-state index in [-0.39, 0.29) is 0 Å². The van der Waals surface area contributed by atoms with Gasteiger partial charge >= 0.3 is 0 Å². The van der Waals surface area contributed by atoms with E-state index >= 15 is 0 Å². The fourth-order valence-electron chi connectivity index (χ4n) is 2.50. The standard InChI is InChI=1S/C15H22N2/c1-16-15(12-14-10-6-7-11-17-14)13-8-4-2-3-5-9-13/h6-8,10-11,15-16H,2-5,9,12H2,1H3. The Morgan fingerprint density at radius 2 is 2.24 bits per heavy atom. The molecule has 1 aliphatic rings. The summed E-state index contributed by atoms with van der Waals surface area (Å²) >= 11 is 0. The highest BCUT2D eigenvalue weighted by molar-refractivity contribution is 5.17. The van der Waals surface area contributed by atoms with Gasteiger partial charge in [0.25, 0.3) is 0 Å². The van der Waals surface area contributed by atoms with Crippen LogP contribution in [0.15, 0.2) is 36.0 Å². The van der Waals surface area contributed by atoms with Crippen molar-refractivity contribution in [2.24, 2.45) is 0 Å². The smallest absolute Gasteiger partial charge is 0.0422 e. The number of aromatic nitrogens is 1. The molecule has 0 bridgehead atoms. The molecule has 1 aromatic rings. The second-order valence-corrected chi connectivity index (χ2v) is 4.74. The number of hydrogen-bond acceptors (Lipinski definition) is 2. The van der Waals surface area contributed by atoms with Crippen LogP contribution in [-0.2, 0) is 6.42 Å². The first-order chi connectivity index (χ1) is 8.40. The average Bonchev–Trinajstić information content (AvgIpc) is 2.66. The molecule has 0 aliphatic heterocycles. The maximum Gasteiger partial charge on any atom is 0.0422 e. The van der Waals surface area contributed by atoms with Gasteiger partial charge in [-0.05, 0) is 44.9 Å². The Morgan fingerprint density at radius 3 is 3.00 bits per heavy atom. The molecule has 1 atom stereocenters. The molecule has 0 radical (unpaired) electrons. The third-order valence-electron chi connectivity index (χ3n) is 3.51. The normalized spacial score (nSPS) is 18.3. The first-order valence-electron chi connectivity index (χ1n) is 6.66. The lowest BCUT2D eigenvalue weighted by atomic mass is 9.98. The van der Waals surface area contributed by atoms with Gasteiger partial charge in [0.2, 0.25) is 0 Å². The minimum atomic E-state index is 0.461. The van der Waals surface area contributed by atoms with Crippen LogP contribution in [0.4, 0.5) is 0 Å². The van der Waals surface area contributed by atoms with E-state index in [1.165, 1.54) is 37.8 Å². The largest absolute Gasteiger partial charge is 0.313 e. The summed E-state index contributed by atoms with van der Waals surface area (Å²) in [4.78, 5) is 4.42. The van der Waals surface area contributed by atoms with Crippen molar-refractivity contribution in [2.45, 2.75) is 44.6 Å². The topological polar surface area (TPSA) is 24.9 Å². The molecular weight excluding hydrogens is 208 g/mol. The molecule has 2 rings (SSSR count). The molecule has 1 unspecified atom stereocenters. The minimum Gasteiger partial charge on any atom is -0.313 e. The van der Waals surface area contributed by atoms with Gasteiger partial charge in [0.1, 0.15) is 0 Å². The van der Waals surface area contributed by atoms with Crippen LogP contribution >= 0.6 is 0 Å². The third kappa shape index (κ3) is 3.67. The lowest BCUT2D eigenvalue weighted by molar-refractivity contribution is 0.591. The van der Waals surface area contributed by atoms with Crippen LogP contribution in [0.1, 0.15) is 37.8 Å². The first-order valence-corrected chi connectivity index (χ1v) is 6.66. The molecule has 0 spiro atoms. The van der Waals surface area contributed by atoms with E-state index < -0.39 is 0 Å². The van der Waals surface area contributed by atoms with E-state index in [4.69, 9.17) is 0 Å². The maximum absolute atomic E-state index is 4.42. The Morgan fingerprint density at radius 1 is 1.29 bits per heavy atom. The van der Waals surface area contributed by atoms with Crippen molar-refractivity contribution in [3.8, 4) is 0 Å². The molecule has 92 valence electrons. The number of rotatable bonds is 4. The third-order valence-corrected chi connectivity index (χ3v) is 3.51. The summed E-state index contributed by atoms with van der Waals surface area (Å²) in [5, 5.41) is 3.44. The number of nitrogens with zero attached hydrogens (tertiary/aromatic N) is 1. The summed E-state index contributed by atoms with van der Waals surface area (Å²) < 4.78 is 0. The lowest BCUT2D eigenvalue weighted by Gasteiger charge is -2.19. The van der Waals surface area contributed by atoms with E-state index in [1.54, 1.807) is 5.57 Å². The highest BCUT2D eigenvalue weighted by Gasteiger charge is 2.14. The van der Waals surface area contributed by atoms with Crippen LogP contribution < -0.4 is 5.32 Å². The maximum atomic E-state index is 4.42. The zero-order valence-corrected chi connectivity index (χ0v) is 10.7. The zero-order valence-electron chi connectivity index (χ0n) is 10.7. The van der Waals surface area contributed by atoms with Crippen LogP contribution in [-0.4, -0.2) is 18.1 Å². The van der Waals surface area contributed by atoms with Crippen molar-refractivity contribution < 1.29 is 0 Å². The van der Waals surface area contributed by atoms with E-state index in [9.17, 15) is 0 Å². The van der Waals surface area contributed by atoms with Crippen molar-refractivity contribution in [1.29, 1.82) is 0 Å². The van der Waals surface area contributed by atoms with Crippen LogP contribution in [0.2, 0.25) is 0 Å². The van der Waals surface area contributed by atoms with Gasteiger partial charge in [-0.25, -0.2) is 0 Å². The molecule has 1 aromatic heterocycles. The molecule has 0 saturated carbocycles. The van der Waals surface area contributed by atoms with E-state index in [0.717, 1.165) is 6.42 Å². The molecule has 0 amide bonds. The van der Waals surface area contributed by atoms with Gasteiger partial charge in [-0.3, -0.25) is 4.98 Å². The highest BCUT2D eigenvalue weighted by atomic mass is 14.9. The zero-order chi connectivity index (χ0) is 11.9. The molecule has 17 heavy (non-hydrogen) atoms. The molecule has 2 nitrogen and oxygen atoms in total. The van der Waals surface area contributed by atoms with Crippen LogP contribution in [0.25, 0.3) is 0 Å². The van der Waals surface area contributed by atoms with Crippen molar-refractivity contribution in [2.75, 3.05) is 7.05 Å². The average molecular weight is 230 g/mol. The van der Waals surface area contributed by atoms with Crippen molar-refractivity contribution >= 4 is 0 Å². The summed E-state index contributed by atoms with van der Waals surface area (Å²) in [6.07, 6.45) is 11.9. The minimum absolute atomic E-state index is 0.461. The molecule has 1 N–H and O–H groups in total. The second kappa shape index (κ2) is 6.55. The lowest BCUT2D eigenvalue weighted by Crippen LogP contribution is -2.30. The van der Waals surface area contributed by atoms with Crippen LogP contribution in [0, 0.1) is 0 Å². The van der Waals surface area contributed by atoms with E-state index in [2.05, 4.69) is 35.6 Å². The molecular formula is C15H22N2. The second-order valence-electron chi connectivity index (χ2n) is 4.74. The first kappa shape index (κ1) is 12.3. The fraction of sp³-hybridized carbons (Fsp3) is 0.533. The molecule has 0 fully saturated rings. The van der Waals surface area contributed by atoms with Crippen LogP contribution in [0.3, 0.4) is 0 Å². The molecule has 1 aliphatic carbocycles. The SMILES string of the molecule is CNC(Cc1ccccn1)C1=CCCCCC1. The number of nitrogens with one attached hydrogen (secondary N) is 1. The Labute approximate surface area is 104 Å². The van der Waals surface area contributed by atoms with Gasteiger partial charge < -0.3 is 5.32 Å².